The molecule has 1 amide bonds. The summed E-state index contributed by atoms with van der Waals surface area (Å²) in [5.74, 6) is -0.663. The molecule has 11 heteroatoms. The summed E-state index contributed by atoms with van der Waals surface area (Å²) in [4.78, 5) is 33.4. The Morgan fingerprint density at radius 1 is 1.19 bits per heavy atom. The van der Waals surface area contributed by atoms with E-state index >= 15 is 4.39 Å². The number of amides is 1. The third kappa shape index (κ3) is 3.55. The van der Waals surface area contributed by atoms with Gasteiger partial charge in [-0.15, -0.1) is 0 Å². The summed E-state index contributed by atoms with van der Waals surface area (Å²) in [6.45, 7) is 5.76. The summed E-state index contributed by atoms with van der Waals surface area (Å²) in [5, 5.41) is 11.6. The molecule has 0 radical (unpaired) electrons. The minimum absolute atomic E-state index is 0.152. The Morgan fingerprint density at radius 2 is 2.06 bits per heavy atom. The number of aryl methyl sites for hydroxylation is 1. The van der Waals surface area contributed by atoms with Crippen LogP contribution in [-0.4, -0.2) is 46.7 Å². The lowest BCUT2D eigenvalue weighted by Crippen LogP contribution is -2.23. The van der Waals surface area contributed by atoms with Crippen LogP contribution in [0.1, 0.15) is 39.8 Å². The lowest BCUT2D eigenvalue weighted by Gasteiger charge is -2.16. The van der Waals surface area contributed by atoms with E-state index in [4.69, 9.17) is 0 Å². The van der Waals surface area contributed by atoms with Crippen molar-refractivity contribution in [1.29, 1.82) is 0 Å². The number of rotatable bonds is 5. The molecule has 0 bridgehead atoms. The smallest absolute Gasteiger partial charge is 0.274 e. The molecule has 182 valence electrons. The third-order valence-corrected chi connectivity index (χ3v) is 6.45. The Balaban J connectivity index is 1.21. The molecule has 0 aliphatic carbocycles. The number of hydrogen-bond acceptors (Lipinski definition) is 6. The highest BCUT2D eigenvalue weighted by Gasteiger charge is 2.25. The molecule has 1 aromatic carbocycles. The number of aromatic nitrogens is 6. The second kappa shape index (κ2) is 8.38. The number of carbonyl (C=O) groups excluding carboxylic acids is 1. The first kappa shape index (κ1) is 22.1. The van der Waals surface area contributed by atoms with Crippen molar-refractivity contribution in [2.24, 2.45) is 0 Å². The molecule has 2 N–H and O–H groups in total. The topological polar surface area (TPSA) is 113 Å². The fraction of sp³-hybridized carbons (Fsp3) is 0.240. The van der Waals surface area contributed by atoms with Gasteiger partial charge in [-0.2, -0.15) is 10.2 Å². The number of aromatic amines is 1. The Bertz CT molecular complexity index is 1680. The first-order chi connectivity index (χ1) is 17.4. The molecular weight excluding hydrogens is 463 g/mol. The fourth-order valence-corrected chi connectivity index (χ4v) is 4.70. The summed E-state index contributed by atoms with van der Waals surface area (Å²) in [5.41, 5.74) is 5.03. The molecule has 0 saturated carbocycles. The van der Waals surface area contributed by atoms with Gasteiger partial charge >= 0.3 is 0 Å². The molecule has 0 atom stereocenters. The molecule has 36 heavy (non-hydrogen) atoms. The number of nitrogens with zero attached hydrogens (tertiary/aromatic N) is 6. The summed E-state index contributed by atoms with van der Waals surface area (Å²) in [7, 11) is 0. The number of benzene rings is 1. The molecule has 0 saturated heterocycles. The average Bonchev–Trinajstić information content (AvgIpc) is 3.55. The van der Waals surface area contributed by atoms with Crippen molar-refractivity contribution in [2.45, 2.75) is 33.5 Å². The van der Waals surface area contributed by atoms with E-state index in [1.807, 2.05) is 13.1 Å². The van der Waals surface area contributed by atoms with Crippen LogP contribution < -0.4 is 10.9 Å². The molecule has 0 spiro atoms. The van der Waals surface area contributed by atoms with Gasteiger partial charge in [-0.05, 0) is 32.0 Å². The largest absolute Gasteiger partial charge is 0.351 e. The molecule has 5 aromatic rings. The van der Waals surface area contributed by atoms with E-state index in [1.165, 1.54) is 4.52 Å². The highest BCUT2D eigenvalue weighted by molar-refractivity contribution is 5.92. The number of hydrogen-bond donors (Lipinski definition) is 2. The van der Waals surface area contributed by atoms with Gasteiger partial charge in [0.15, 0.2) is 5.82 Å². The number of carbonyl (C=O) groups is 1. The Kier molecular flexibility index (Phi) is 5.15. The number of H-pyrrole nitrogens is 1. The van der Waals surface area contributed by atoms with Gasteiger partial charge in [-0.1, -0.05) is 6.07 Å². The lowest BCUT2D eigenvalue weighted by atomic mass is 10.1. The van der Waals surface area contributed by atoms with Crippen molar-refractivity contribution in [3.8, 4) is 5.69 Å². The summed E-state index contributed by atoms with van der Waals surface area (Å²) in [6, 6.07) is 7.01. The molecule has 5 heterocycles. The van der Waals surface area contributed by atoms with Gasteiger partial charge in [0.05, 0.1) is 29.3 Å². The summed E-state index contributed by atoms with van der Waals surface area (Å²) < 4.78 is 18.7. The van der Waals surface area contributed by atoms with Crippen LogP contribution >= 0.6 is 0 Å². The van der Waals surface area contributed by atoms with Crippen LogP contribution in [0, 0.1) is 12.7 Å². The van der Waals surface area contributed by atoms with Crippen LogP contribution in [0.2, 0.25) is 0 Å². The van der Waals surface area contributed by atoms with Crippen molar-refractivity contribution >= 4 is 22.5 Å². The molecule has 6 rings (SSSR count). The number of fused-ring (bicyclic) bond motifs is 4. The average molecular weight is 487 g/mol. The number of nitrogens with one attached hydrogen (secondary N) is 2. The minimum atomic E-state index is -0.451. The summed E-state index contributed by atoms with van der Waals surface area (Å²) in [6.07, 6.45) is 5.15. The van der Waals surface area contributed by atoms with Gasteiger partial charge in [0, 0.05) is 49.1 Å². The predicted molar refractivity (Wildman–Crippen MR) is 130 cm³/mol. The van der Waals surface area contributed by atoms with E-state index in [9.17, 15) is 9.59 Å². The van der Waals surface area contributed by atoms with Crippen LogP contribution in [0.25, 0.3) is 22.2 Å². The molecular formula is C25H23FN8O2. The van der Waals surface area contributed by atoms with Crippen molar-refractivity contribution in [3.63, 3.8) is 0 Å². The van der Waals surface area contributed by atoms with Gasteiger partial charge in [-0.3, -0.25) is 14.5 Å². The number of halogens is 1. The number of pyridine rings is 1. The monoisotopic (exact) mass is 486 g/mol. The molecule has 1 aliphatic heterocycles. The maximum Gasteiger partial charge on any atom is 0.274 e. The van der Waals surface area contributed by atoms with Crippen LogP contribution in [0.4, 0.5) is 4.39 Å². The van der Waals surface area contributed by atoms with Crippen molar-refractivity contribution < 1.29 is 9.18 Å². The minimum Gasteiger partial charge on any atom is -0.351 e. The maximum absolute atomic E-state index is 15.4. The van der Waals surface area contributed by atoms with E-state index in [2.05, 4.69) is 30.4 Å². The van der Waals surface area contributed by atoms with E-state index < -0.39 is 5.82 Å². The highest BCUT2D eigenvalue weighted by Crippen LogP contribution is 2.27. The zero-order chi connectivity index (χ0) is 25.0. The second-order valence-electron chi connectivity index (χ2n) is 8.93. The fourth-order valence-electron chi connectivity index (χ4n) is 4.70. The van der Waals surface area contributed by atoms with Gasteiger partial charge in [0.1, 0.15) is 16.7 Å². The first-order valence-electron chi connectivity index (χ1n) is 11.6. The molecule has 0 fully saturated rings. The standard InChI is InChI=1S/C25H23FN8O2/c1-3-27-24(35)18-6-5-17(9-28-18)33-12-16-11-32(13-19(16)31-33)10-15-4-7-20-22(21(15)26)30-25(36)23-14(2)8-29-34(20)23/h4-9,12H,3,10-11,13H2,1-2H3,(H,27,35)(H,30,36). The molecule has 10 nitrogen and oxygen atoms in total. The van der Waals surface area contributed by atoms with Crippen molar-refractivity contribution in [2.75, 3.05) is 6.54 Å². The maximum atomic E-state index is 15.4. The lowest BCUT2D eigenvalue weighted by molar-refractivity contribution is 0.0951. The first-order valence-corrected chi connectivity index (χ1v) is 11.6. The van der Waals surface area contributed by atoms with Crippen LogP contribution in [0.5, 0.6) is 0 Å². The van der Waals surface area contributed by atoms with E-state index in [1.54, 1.807) is 48.3 Å². The van der Waals surface area contributed by atoms with E-state index in [0.717, 1.165) is 22.5 Å². The van der Waals surface area contributed by atoms with Gasteiger partial charge in [0.2, 0.25) is 0 Å². The van der Waals surface area contributed by atoms with E-state index in [0.29, 0.717) is 48.5 Å². The van der Waals surface area contributed by atoms with Crippen LogP contribution in [-0.2, 0) is 19.6 Å². The Morgan fingerprint density at radius 3 is 2.81 bits per heavy atom. The van der Waals surface area contributed by atoms with Gasteiger partial charge in [-0.25, -0.2) is 18.6 Å². The Hall–Kier alpha value is -4.38. The second-order valence-corrected chi connectivity index (χ2v) is 8.93. The normalized spacial score (nSPS) is 13.5. The Labute approximate surface area is 204 Å². The zero-order valence-corrected chi connectivity index (χ0v) is 19.7. The van der Waals surface area contributed by atoms with E-state index in [-0.39, 0.29) is 17.0 Å². The van der Waals surface area contributed by atoms with Crippen LogP contribution in [0.3, 0.4) is 0 Å². The molecule has 1 aliphatic rings. The molecule has 0 unspecified atom stereocenters. The summed E-state index contributed by atoms with van der Waals surface area (Å²) >= 11 is 0. The molecule has 4 aromatic heterocycles. The van der Waals surface area contributed by atoms with Crippen molar-refractivity contribution in [3.05, 3.63) is 87.1 Å². The zero-order valence-electron chi connectivity index (χ0n) is 19.7. The highest BCUT2D eigenvalue weighted by atomic mass is 19.1. The quantitative estimate of drug-likeness (QED) is 0.395. The predicted octanol–water partition coefficient (Wildman–Crippen LogP) is 2.47. The SMILES string of the molecule is CCNC(=O)c1ccc(-n2cc3c(n2)CN(Cc2ccc4c([nH]c(=O)c5c(C)cnn54)c2F)C3)cn1. The van der Waals surface area contributed by atoms with Gasteiger partial charge < -0.3 is 10.3 Å². The van der Waals surface area contributed by atoms with Gasteiger partial charge in [0.25, 0.3) is 11.5 Å². The van der Waals surface area contributed by atoms with Crippen molar-refractivity contribution in [1.82, 2.24) is 39.6 Å². The van der Waals surface area contributed by atoms with Crippen LogP contribution in [0.15, 0.2) is 47.7 Å². The third-order valence-electron chi connectivity index (χ3n) is 6.45.